The zero-order chi connectivity index (χ0) is 27.7. The number of hydrogen-bond acceptors (Lipinski definition) is 3. The van der Waals surface area contributed by atoms with E-state index in [0.717, 1.165) is 60.4 Å². The van der Waals surface area contributed by atoms with Gasteiger partial charge in [0.1, 0.15) is 5.78 Å². The van der Waals surface area contributed by atoms with Crippen LogP contribution in [0.15, 0.2) is 122 Å². The number of rotatable bonds is 10. The Morgan fingerprint density at radius 3 is 2.12 bits per heavy atom. The average molecular weight is 529 g/mol. The van der Waals surface area contributed by atoms with E-state index in [1.807, 2.05) is 91.0 Å². The molecule has 0 aromatic heterocycles. The topological polar surface area (TPSA) is 49.4 Å². The molecule has 0 radical (unpaired) electrons. The fourth-order valence-corrected chi connectivity index (χ4v) is 5.78. The Balaban J connectivity index is 1.22. The van der Waals surface area contributed by atoms with Crippen LogP contribution < -0.4 is 10.2 Å². The molecule has 1 heterocycles. The molecule has 1 N–H and O–H groups in total. The van der Waals surface area contributed by atoms with E-state index < -0.39 is 0 Å². The third-order valence-corrected chi connectivity index (χ3v) is 7.86. The lowest BCUT2D eigenvalue weighted by Crippen LogP contribution is -2.37. The second-order valence-corrected chi connectivity index (χ2v) is 10.4. The minimum absolute atomic E-state index is 0.0559. The highest BCUT2D eigenvalue weighted by Gasteiger charge is 2.32. The molecule has 4 aromatic carbocycles. The summed E-state index contributed by atoms with van der Waals surface area (Å²) in [6.45, 7) is 5.60. The summed E-state index contributed by atoms with van der Waals surface area (Å²) in [6.07, 6.45) is 5.03. The van der Waals surface area contributed by atoms with Gasteiger partial charge in [0.15, 0.2) is 0 Å². The molecule has 1 aliphatic rings. The molecular weight excluding hydrogens is 492 g/mol. The van der Waals surface area contributed by atoms with Crippen LogP contribution in [0.5, 0.6) is 0 Å². The van der Waals surface area contributed by atoms with Gasteiger partial charge in [-0.15, -0.1) is 6.58 Å². The number of Topliss-reactive ketones (excluding diaryl/α,β-unsaturated/α-hetero) is 1. The molecule has 0 saturated carbocycles. The van der Waals surface area contributed by atoms with Gasteiger partial charge in [-0.25, -0.2) is 0 Å². The van der Waals surface area contributed by atoms with Crippen molar-refractivity contribution in [3.05, 3.63) is 133 Å². The Morgan fingerprint density at radius 2 is 1.45 bits per heavy atom. The van der Waals surface area contributed by atoms with Gasteiger partial charge in [0.25, 0.3) is 5.91 Å². The van der Waals surface area contributed by atoms with Crippen LogP contribution in [0.2, 0.25) is 0 Å². The highest BCUT2D eigenvalue weighted by atomic mass is 16.1. The standard InChI is InChI=1S/C36H36N2O2/c1-2-3-18-34(39)35(28-14-8-5-9-15-28)29-23-25-38(26-24-29)31-21-19-30(20-22-31)37-36(40)33-17-11-10-16-32(33)27-12-6-4-7-13-27/h2,4-17,19-22,29,35H,1,3,18,23-26H2,(H,37,40). The third kappa shape index (κ3) is 6.40. The van der Waals surface area contributed by atoms with Crippen molar-refractivity contribution in [1.82, 2.24) is 0 Å². The van der Waals surface area contributed by atoms with E-state index in [9.17, 15) is 9.59 Å². The van der Waals surface area contributed by atoms with Crippen molar-refractivity contribution in [1.29, 1.82) is 0 Å². The van der Waals surface area contributed by atoms with Crippen molar-refractivity contribution in [3.8, 4) is 11.1 Å². The summed E-state index contributed by atoms with van der Waals surface area (Å²) in [5.41, 5.74) is 5.61. The maximum atomic E-state index is 13.2. The monoisotopic (exact) mass is 528 g/mol. The highest BCUT2D eigenvalue weighted by Crippen LogP contribution is 2.36. The van der Waals surface area contributed by atoms with Crippen molar-refractivity contribution in [2.75, 3.05) is 23.3 Å². The number of benzene rings is 4. The maximum absolute atomic E-state index is 13.2. The van der Waals surface area contributed by atoms with Crippen LogP contribution in [0, 0.1) is 5.92 Å². The third-order valence-electron chi connectivity index (χ3n) is 7.86. The summed E-state index contributed by atoms with van der Waals surface area (Å²) < 4.78 is 0. The van der Waals surface area contributed by atoms with E-state index in [4.69, 9.17) is 0 Å². The second kappa shape index (κ2) is 13.1. The lowest BCUT2D eigenvalue weighted by Gasteiger charge is -2.37. The number of ketones is 1. The molecule has 1 fully saturated rings. The van der Waals surface area contributed by atoms with Gasteiger partial charge in [-0.2, -0.15) is 0 Å². The van der Waals surface area contributed by atoms with E-state index in [-0.39, 0.29) is 11.8 Å². The van der Waals surface area contributed by atoms with Crippen LogP contribution in [0.25, 0.3) is 11.1 Å². The summed E-state index contributed by atoms with van der Waals surface area (Å²) in [7, 11) is 0. The molecule has 1 unspecified atom stereocenters. The molecule has 1 atom stereocenters. The maximum Gasteiger partial charge on any atom is 0.256 e. The first-order chi connectivity index (χ1) is 19.6. The number of nitrogens with zero attached hydrogens (tertiary/aromatic N) is 1. The van der Waals surface area contributed by atoms with Gasteiger partial charge < -0.3 is 10.2 Å². The number of amides is 1. The van der Waals surface area contributed by atoms with Gasteiger partial charge in [-0.05, 0) is 72.2 Å². The van der Waals surface area contributed by atoms with E-state index in [1.54, 1.807) is 0 Å². The summed E-state index contributed by atoms with van der Waals surface area (Å²) in [6, 6.07) is 36.0. The molecule has 1 amide bonds. The molecule has 40 heavy (non-hydrogen) atoms. The minimum atomic E-state index is -0.124. The molecule has 4 nitrogen and oxygen atoms in total. The quantitative estimate of drug-likeness (QED) is 0.211. The second-order valence-electron chi connectivity index (χ2n) is 10.4. The van der Waals surface area contributed by atoms with Gasteiger partial charge in [0.2, 0.25) is 0 Å². The lowest BCUT2D eigenvalue weighted by atomic mass is 9.76. The molecule has 0 bridgehead atoms. The minimum Gasteiger partial charge on any atom is -0.372 e. The van der Waals surface area contributed by atoms with E-state index in [1.165, 1.54) is 0 Å². The Hall–Kier alpha value is -4.44. The first-order valence-corrected chi connectivity index (χ1v) is 14.1. The van der Waals surface area contributed by atoms with E-state index >= 15 is 0 Å². The molecule has 5 rings (SSSR count). The number of anilines is 2. The highest BCUT2D eigenvalue weighted by molar-refractivity contribution is 6.08. The molecule has 1 saturated heterocycles. The average Bonchev–Trinajstić information content (AvgIpc) is 3.02. The molecule has 4 heteroatoms. The van der Waals surface area contributed by atoms with Crippen LogP contribution in [-0.2, 0) is 4.79 Å². The fourth-order valence-electron chi connectivity index (χ4n) is 5.78. The molecular formula is C36H36N2O2. The molecule has 0 spiro atoms. The predicted octanol–water partition coefficient (Wildman–Crippen LogP) is 8.14. The van der Waals surface area contributed by atoms with Crippen molar-refractivity contribution in [3.63, 3.8) is 0 Å². The Bertz CT molecular complexity index is 1420. The Kier molecular flexibility index (Phi) is 8.87. The van der Waals surface area contributed by atoms with Gasteiger partial charge in [0, 0.05) is 42.4 Å². The molecule has 4 aromatic rings. The number of piperidine rings is 1. The van der Waals surface area contributed by atoms with Crippen LogP contribution in [0.4, 0.5) is 11.4 Å². The number of carbonyl (C=O) groups is 2. The van der Waals surface area contributed by atoms with Crippen LogP contribution in [0.1, 0.15) is 47.5 Å². The summed E-state index contributed by atoms with van der Waals surface area (Å²) in [4.78, 5) is 28.7. The summed E-state index contributed by atoms with van der Waals surface area (Å²) >= 11 is 0. The molecule has 202 valence electrons. The van der Waals surface area contributed by atoms with Gasteiger partial charge in [-0.1, -0.05) is 84.9 Å². The van der Waals surface area contributed by atoms with Gasteiger partial charge >= 0.3 is 0 Å². The summed E-state index contributed by atoms with van der Waals surface area (Å²) in [5, 5.41) is 3.07. The number of carbonyl (C=O) groups excluding carboxylic acids is 2. The van der Waals surface area contributed by atoms with Crippen LogP contribution >= 0.6 is 0 Å². The van der Waals surface area contributed by atoms with Crippen molar-refractivity contribution in [2.45, 2.75) is 31.6 Å². The molecule has 0 aliphatic carbocycles. The normalized spacial score (nSPS) is 14.3. The zero-order valence-electron chi connectivity index (χ0n) is 22.8. The van der Waals surface area contributed by atoms with E-state index in [2.05, 4.69) is 41.1 Å². The van der Waals surface area contributed by atoms with Crippen molar-refractivity contribution < 1.29 is 9.59 Å². The van der Waals surface area contributed by atoms with Crippen LogP contribution in [0.3, 0.4) is 0 Å². The van der Waals surface area contributed by atoms with Crippen molar-refractivity contribution >= 4 is 23.1 Å². The van der Waals surface area contributed by atoms with E-state index in [0.29, 0.717) is 23.7 Å². The number of allylic oxidation sites excluding steroid dienone is 1. The zero-order valence-corrected chi connectivity index (χ0v) is 22.8. The lowest BCUT2D eigenvalue weighted by molar-refractivity contribution is -0.121. The van der Waals surface area contributed by atoms with Gasteiger partial charge in [0.05, 0.1) is 0 Å². The Labute approximate surface area is 237 Å². The largest absolute Gasteiger partial charge is 0.372 e. The van der Waals surface area contributed by atoms with Gasteiger partial charge in [-0.3, -0.25) is 9.59 Å². The first kappa shape index (κ1) is 27.1. The Morgan fingerprint density at radius 1 is 0.825 bits per heavy atom. The van der Waals surface area contributed by atoms with Crippen molar-refractivity contribution in [2.24, 2.45) is 5.92 Å². The fraction of sp³-hybridized carbons (Fsp3) is 0.222. The van der Waals surface area contributed by atoms with Crippen LogP contribution in [-0.4, -0.2) is 24.8 Å². The molecule has 1 aliphatic heterocycles. The smallest absolute Gasteiger partial charge is 0.256 e. The predicted molar refractivity (Wildman–Crippen MR) is 165 cm³/mol. The number of hydrogen-bond donors (Lipinski definition) is 1. The summed E-state index contributed by atoms with van der Waals surface area (Å²) in [5.74, 6) is 0.471. The first-order valence-electron chi connectivity index (χ1n) is 14.1. The number of nitrogens with one attached hydrogen (secondary N) is 1. The SMILES string of the molecule is C=CCCC(=O)C(c1ccccc1)C1CCN(c2ccc(NC(=O)c3ccccc3-c3ccccc3)cc2)CC1.